The fraction of sp³-hybridized carbons (Fsp3) is 0.381. The third kappa shape index (κ3) is 5.37. The van der Waals surface area contributed by atoms with Gasteiger partial charge in [-0.1, -0.05) is 35.9 Å². The lowest BCUT2D eigenvalue weighted by atomic mass is 10.1. The Morgan fingerprint density at radius 3 is 2.59 bits per heavy atom. The van der Waals surface area contributed by atoms with Gasteiger partial charge in [0.05, 0.1) is 6.04 Å². The van der Waals surface area contributed by atoms with Crippen LogP contribution in [0, 0.1) is 0 Å². The van der Waals surface area contributed by atoms with Gasteiger partial charge in [0.2, 0.25) is 0 Å². The van der Waals surface area contributed by atoms with Gasteiger partial charge in [0.15, 0.2) is 0 Å². The number of benzene rings is 2. The van der Waals surface area contributed by atoms with Gasteiger partial charge in [-0.3, -0.25) is 4.90 Å². The molecule has 0 saturated carbocycles. The maximum absolute atomic E-state index is 12.5. The van der Waals surface area contributed by atoms with Crippen LogP contribution in [0.2, 0.25) is 5.02 Å². The fourth-order valence-corrected chi connectivity index (χ4v) is 3.64. The minimum absolute atomic E-state index is 0.128. The molecule has 2 aromatic carbocycles. The Labute approximate surface area is 165 Å². The highest BCUT2D eigenvalue weighted by molar-refractivity contribution is 6.30. The lowest BCUT2D eigenvalue weighted by Crippen LogP contribution is -2.42. The minimum Gasteiger partial charge on any atom is -0.508 e. The zero-order valence-electron chi connectivity index (χ0n) is 15.6. The van der Waals surface area contributed by atoms with Gasteiger partial charge in [0, 0.05) is 25.2 Å². The molecular weight excluding hydrogens is 362 g/mol. The maximum Gasteiger partial charge on any atom is 0.317 e. The zero-order valence-corrected chi connectivity index (χ0v) is 16.3. The number of carbonyl (C=O) groups is 1. The number of likely N-dealkylation sites (tertiary alicyclic amines) is 1. The predicted molar refractivity (Wildman–Crippen MR) is 108 cm³/mol. The Bertz CT molecular complexity index is 760. The van der Waals surface area contributed by atoms with Gasteiger partial charge in [-0.05, 0) is 61.3 Å². The van der Waals surface area contributed by atoms with E-state index in [4.69, 9.17) is 11.6 Å². The first-order valence-electron chi connectivity index (χ1n) is 9.29. The van der Waals surface area contributed by atoms with Crippen LogP contribution in [-0.4, -0.2) is 47.6 Å². The van der Waals surface area contributed by atoms with Crippen LogP contribution in [0.4, 0.5) is 4.79 Å². The van der Waals surface area contributed by atoms with Gasteiger partial charge < -0.3 is 15.3 Å². The summed E-state index contributed by atoms with van der Waals surface area (Å²) in [4.78, 5) is 16.6. The summed E-state index contributed by atoms with van der Waals surface area (Å²) in [6, 6.07) is 14.8. The van der Waals surface area contributed by atoms with Crippen molar-refractivity contribution in [2.24, 2.45) is 0 Å². The van der Waals surface area contributed by atoms with E-state index >= 15 is 0 Å². The summed E-state index contributed by atoms with van der Waals surface area (Å²) in [6.45, 7) is 3.07. The summed E-state index contributed by atoms with van der Waals surface area (Å²) in [5, 5.41) is 13.3. The number of aromatic hydroxyl groups is 1. The monoisotopic (exact) mass is 387 g/mol. The van der Waals surface area contributed by atoms with Crippen molar-refractivity contribution in [1.29, 1.82) is 0 Å². The molecule has 0 radical (unpaired) electrons. The van der Waals surface area contributed by atoms with Crippen LogP contribution in [-0.2, 0) is 6.54 Å². The molecule has 2 amide bonds. The third-order valence-corrected chi connectivity index (χ3v) is 5.21. The highest BCUT2D eigenvalue weighted by Gasteiger charge is 2.24. The van der Waals surface area contributed by atoms with E-state index in [1.165, 1.54) is 12.8 Å². The van der Waals surface area contributed by atoms with Crippen molar-refractivity contribution in [3.8, 4) is 5.75 Å². The van der Waals surface area contributed by atoms with Crippen molar-refractivity contribution >= 4 is 17.6 Å². The van der Waals surface area contributed by atoms with Gasteiger partial charge >= 0.3 is 6.03 Å². The van der Waals surface area contributed by atoms with Crippen molar-refractivity contribution in [3.63, 3.8) is 0 Å². The van der Waals surface area contributed by atoms with Crippen LogP contribution in [0.25, 0.3) is 0 Å². The van der Waals surface area contributed by atoms with Crippen molar-refractivity contribution in [3.05, 3.63) is 64.7 Å². The van der Waals surface area contributed by atoms with Crippen LogP contribution in [0.1, 0.15) is 30.0 Å². The molecule has 2 N–H and O–H groups in total. The number of nitrogens with zero attached hydrogens (tertiary/aromatic N) is 2. The Morgan fingerprint density at radius 1 is 1.22 bits per heavy atom. The average molecular weight is 388 g/mol. The molecule has 1 heterocycles. The van der Waals surface area contributed by atoms with Crippen LogP contribution < -0.4 is 5.32 Å². The smallest absolute Gasteiger partial charge is 0.317 e. The molecule has 5 nitrogen and oxygen atoms in total. The molecule has 0 aliphatic carbocycles. The Hall–Kier alpha value is -2.24. The van der Waals surface area contributed by atoms with Crippen LogP contribution in [0.5, 0.6) is 5.75 Å². The maximum atomic E-state index is 12.5. The number of hydrogen-bond donors (Lipinski definition) is 2. The van der Waals surface area contributed by atoms with Gasteiger partial charge in [-0.2, -0.15) is 0 Å². The highest BCUT2D eigenvalue weighted by Crippen LogP contribution is 2.25. The quantitative estimate of drug-likeness (QED) is 0.786. The predicted octanol–water partition coefficient (Wildman–Crippen LogP) is 4.02. The van der Waals surface area contributed by atoms with Crippen molar-refractivity contribution in [2.75, 3.05) is 26.7 Å². The lowest BCUT2D eigenvalue weighted by Gasteiger charge is -2.29. The molecule has 2 aromatic rings. The zero-order chi connectivity index (χ0) is 19.2. The Balaban J connectivity index is 1.61. The molecule has 3 rings (SSSR count). The summed E-state index contributed by atoms with van der Waals surface area (Å²) >= 11 is 6.03. The first-order chi connectivity index (χ1) is 13.0. The molecule has 1 fully saturated rings. The SMILES string of the molecule is CN(Cc1cccc(O)c1)C(=O)NC[C@@H](c1ccc(Cl)cc1)N1CCCC1. The highest BCUT2D eigenvalue weighted by atomic mass is 35.5. The number of amides is 2. The van der Waals surface area contributed by atoms with E-state index in [1.807, 2.05) is 30.3 Å². The van der Waals surface area contributed by atoms with E-state index in [9.17, 15) is 9.90 Å². The van der Waals surface area contributed by atoms with Crippen molar-refractivity contribution in [2.45, 2.75) is 25.4 Å². The summed E-state index contributed by atoms with van der Waals surface area (Å²) in [5.41, 5.74) is 2.05. The number of halogens is 1. The molecule has 0 spiro atoms. The van der Waals surface area contributed by atoms with Crippen LogP contribution >= 0.6 is 11.6 Å². The molecule has 27 heavy (non-hydrogen) atoms. The summed E-state index contributed by atoms with van der Waals surface area (Å²) in [7, 11) is 1.76. The number of hydrogen-bond acceptors (Lipinski definition) is 3. The van der Waals surface area contributed by atoms with Crippen molar-refractivity contribution in [1.82, 2.24) is 15.1 Å². The number of rotatable bonds is 6. The third-order valence-electron chi connectivity index (χ3n) is 4.96. The Morgan fingerprint density at radius 2 is 1.93 bits per heavy atom. The molecule has 0 unspecified atom stereocenters. The molecule has 6 heteroatoms. The second kappa shape index (κ2) is 9.11. The van der Waals surface area contributed by atoms with Gasteiger partial charge in [-0.25, -0.2) is 4.79 Å². The second-order valence-electron chi connectivity index (χ2n) is 7.02. The largest absolute Gasteiger partial charge is 0.508 e. The molecule has 144 valence electrons. The Kier molecular flexibility index (Phi) is 6.58. The van der Waals surface area contributed by atoms with E-state index in [0.717, 1.165) is 24.2 Å². The van der Waals surface area contributed by atoms with Crippen molar-refractivity contribution < 1.29 is 9.90 Å². The standard InChI is InChI=1S/C21H26ClN3O2/c1-24(15-16-5-4-6-19(26)13-16)21(27)23-14-20(25-11-2-3-12-25)17-7-9-18(22)10-8-17/h4-10,13,20,26H,2-3,11-12,14-15H2,1H3,(H,23,27)/t20-/m0/s1. The molecule has 1 atom stereocenters. The molecule has 1 saturated heterocycles. The molecule has 1 aliphatic rings. The lowest BCUT2D eigenvalue weighted by molar-refractivity contribution is 0.195. The van der Waals surface area contributed by atoms with E-state index in [2.05, 4.69) is 10.2 Å². The summed E-state index contributed by atoms with van der Waals surface area (Å²) in [5.74, 6) is 0.207. The fourth-order valence-electron chi connectivity index (χ4n) is 3.52. The van der Waals surface area contributed by atoms with E-state index in [0.29, 0.717) is 18.1 Å². The van der Waals surface area contributed by atoms with E-state index in [1.54, 1.807) is 30.1 Å². The van der Waals surface area contributed by atoms with E-state index in [-0.39, 0.29) is 17.8 Å². The first-order valence-corrected chi connectivity index (χ1v) is 9.67. The number of carbonyl (C=O) groups excluding carboxylic acids is 1. The number of phenols is 1. The minimum atomic E-state index is -0.128. The van der Waals surface area contributed by atoms with Crippen LogP contribution in [0.15, 0.2) is 48.5 Å². The van der Waals surface area contributed by atoms with Gasteiger partial charge in [0.1, 0.15) is 5.75 Å². The van der Waals surface area contributed by atoms with Gasteiger partial charge in [-0.15, -0.1) is 0 Å². The second-order valence-corrected chi connectivity index (χ2v) is 7.46. The molecular formula is C21H26ClN3O2. The first kappa shape index (κ1) is 19.5. The average Bonchev–Trinajstić information content (AvgIpc) is 3.17. The summed E-state index contributed by atoms with van der Waals surface area (Å²) < 4.78 is 0. The van der Waals surface area contributed by atoms with Crippen LogP contribution in [0.3, 0.4) is 0 Å². The number of urea groups is 1. The number of nitrogens with one attached hydrogen (secondary N) is 1. The van der Waals surface area contributed by atoms with E-state index < -0.39 is 0 Å². The number of phenolic OH excluding ortho intramolecular Hbond substituents is 1. The molecule has 0 aromatic heterocycles. The summed E-state index contributed by atoms with van der Waals surface area (Å²) in [6.07, 6.45) is 2.38. The molecule has 1 aliphatic heterocycles. The van der Waals surface area contributed by atoms with Gasteiger partial charge in [0.25, 0.3) is 0 Å². The topological polar surface area (TPSA) is 55.8 Å². The normalized spacial score (nSPS) is 15.5. The molecule has 0 bridgehead atoms.